The minimum absolute atomic E-state index is 0.309. The molecule has 0 bridgehead atoms. The molecule has 1 aromatic carbocycles. The van der Waals surface area contributed by atoms with E-state index in [0.717, 1.165) is 17.4 Å². The smallest absolute Gasteiger partial charge is 0.490 e. The second-order valence-electron chi connectivity index (χ2n) is 6.99. The van der Waals surface area contributed by atoms with Gasteiger partial charge < -0.3 is 18.8 Å². The lowest BCUT2D eigenvalue weighted by Crippen LogP contribution is -2.41. The second-order valence-corrected chi connectivity index (χ2v) is 6.99. The molecule has 2 aliphatic heterocycles. The highest BCUT2D eigenvalue weighted by atomic mass is 16.7. The number of benzene rings is 1. The topological polar surface area (TPSA) is 60.7 Å². The van der Waals surface area contributed by atoms with Crippen LogP contribution in [0.5, 0.6) is 11.5 Å². The van der Waals surface area contributed by atoms with Crippen molar-refractivity contribution in [3.8, 4) is 17.6 Å². The van der Waals surface area contributed by atoms with Crippen LogP contribution in [0.25, 0.3) is 0 Å². The van der Waals surface area contributed by atoms with Crippen molar-refractivity contribution in [2.24, 2.45) is 0 Å². The summed E-state index contributed by atoms with van der Waals surface area (Å²) in [6, 6.07) is 5.98. The van der Waals surface area contributed by atoms with Crippen molar-refractivity contribution >= 4 is 12.6 Å². The molecule has 0 amide bonds. The average molecular weight is 315 g/mol. The van der Waals surface area contributed by atoms with Gasteiger partial charge in [0.2, 0.25) is 0 Å². The van der Waals surface area contributed by atoms with Crippen LogP contribution in [0.3, 0.4) is 0 Å². The zero-order valence-electron chi connectivity index (χ0n) is 14.1. The Morgan fingerprint density at radius 3 is 2.39 bits per heavy atom. The molecule has 6 heteroatoms. The molecule has 0 spiro atoms. The van der Waals surface area contributed by atoms with Crippen LogP contribution in [-0.2, 0) is 15.7 Å². The lowest BCUT2D eigenvalue weighted by atomic mass is 9.77. The summed E-state index contributed by atoms with van der Waals surface area (Å²) in [5.41, 5.74) is 0.817. The summed E-state index contributed by atoms with van der Waals surface area (Å²) < 4.78 is 24.0. The summed E-state index contributed by atoms with van der Waals surface area (Å²) in [4.78, 5) is 0. The van der Waals surface area contributed by atoms with Crippen molar-refractivity contribution in [3.63, 3.8) is 0 Å². The van der Waals surface area contributed by atoms with E-state index < -0.39 is 18.3 Å². The Balaban J connectivity index is 2.04. The van der Waals surface area contributed by atoms with Gasteiger partial charge in [-0.3, -0.25) is 0 Å². The van der Waals surface area contributed by atoms with Crippen LogP contribution in [0.4, 0.5) is 0 Å². The summed E-state index contributed by atoms with van der Waals surface area (Å²) in [7, 11) is -0.533. The summed E-state index contributed by atoms with van der Waals surface area (Å²) in [5.74, 6) is 1.34. The maximum atomic E-state index is 9.02. The van der Waals surface area contributed by atoms with Gasteiger partial charge in [0.1, 0.15) is 0 Å². The number of hydrogen-bond donors (Lipinski definition) is 0. The van der Waals surface area contributed by atoms with E-state index in [1.54, 1.807) is 0 Å². The van der Waals surface area contributed by atoms with E-state index in [-0.39, 0.29) is 0 Å². The third kappa shape index (κ3) is 2.91. The monoisotopic (exact) mass is 315 g/mol. The number of hydrogen-bond acceptors (Lipinski definition) is 5. The molecule has 0 unspecified atom stereocenters. The summed E-state index contributed by atoms with van der Waals surface area (Å²) in [6.45, 7) is 9.26. The van der Waals surface area contributed by atoms with Crippen LogP contribution in [0.15, 0.2) is 12.1 Å². The van der Waals surface area contributed by atoms with Gasteiger partial charge in [0, 0.05) is 11.9 Å². The molecule has 0 aliphatic carbocycles. The van der Waals surface area contributed by atoms with Gasteiger partial charge in [0.25, 0.3) is 0 Å². The van der Waals surface area contributed by atoms with Crippen molar-refractivity contribution in [1.82, 2.24) is 0 Å². The van der Waals surface area contributed by atoms with Crippen molar-refractivity contribution in [2.75, 3.05) is 13.2 Å². The van der Waals surface area contributed by atoms with E-state index in [2.05, 4.69) is 6.07 Å². The standard InChI is InChI=1S/C17H22BNO4/c1-16(2)17(3,4)23-18(22-16)13-10-12(6-7-19)11-14-15(13)21-9-5-8-20-14/h10-11H,5-6,8-9H2,1-4H3. The molecule has 3 rings (SSSR count). The summed E-state index contributed by atoms with van der Waals surface area (Å²) in [5, 5.41) is 9.02. The molecule has 23 heavy (non-hydrogen) atoms. The van der Waals surface area contributed by atoms with Gasteiger partial charge in [-0.05, 0) is 39.3 Å². The number of fused-ring (bicyclic) bond motifs is 1. The van der Waals surface area contributed by atoms with E-state index in [0.29, 0.717) is 31.1 Å². The number of nitrogens with zero attached hydrogens (tertiary/aromatic N) is 1. The summed E-state index contributed by atoms with van der Waals surface area (Å²) in [6.07, 6.45) is 1.13. The molecular formula is C17H22BNO4. The SMILES string of the molecule is CC1(C)OB(c2cc(CC#N)cc3c2OCCCO3)OC1(C)C. The van der Waals surface area contributed by atoms with Crippen LogP contribution >= 0.6 is 0 Å². The van der Waals surface area contributed by atoms with Crippen molar-refractivity contribution in [2.45, 2.75) is 51.7 Å². The van der Waals surface area contributed by atoms with E-state index in [4.69, 9.17) is 24.0 Å². The normalized spacial score (nSPS) is 21.6. The van der Waals surface area contributed by atoms with Gasteiger partial charge >= 0.3 is 7.12 Å². The van der Waals surface area contributed by atoms with Gasteiger partial charge in [-0.2, -0.15) is 5.26 Å². The van der Waals surface area contributed by atoms with Crippen LogP contribution in [0, 0.1) is 11.3 Å². The molecule has 1 saturated heterocycles. The van der Waals surface area contributed by atoms with Crippen LogP contribution in [0.2, 0.25) is 0 Å². The molecule has 1 aromatic rings. The highest BCUT2D eigenvalue weighted by molar-refractivity contribution is 6.63. The predicted octanol–water partition coefficient (Wildman–Crippen LogP) is 2.21. The van der Waals surface area contributed by atoms with Crippen molar-refractivity contribution < 1.29 is 18.8 Å². The van der Waals surface area contributed by atoms with Gasteiger partial charge in [0.05, 0.1) is 36.9 Å². The fourth-order valence-electron chi connectivity index (χ4n) is 2.70. The first kappa shape index (κ1) is 16.2. The maximum absolute atomic E-state index is 9.02. The Morgan fingerprint density at radius 2 is 1.74 bits per heavy atom. The first-order chi connectivity index (χ1) is 10.8. The first-order valence-corrected chi connectivity index (χ1v) is 7.99. The lowest BCUT2D eigenvalue weighted by molar-refractivity contribution is 0.00578. The quantitative estimate of drug-likeness (QED) is 0.783. The molecule has 2 aliphatic rings. The van der Waals surface area contributed by atoms with Crippen LogP contribution in [-0.4, -0.2) is 31.5 Å². The Hall–Kier alpha value is -1.71. The Bertz CT molecular complexity index is 635. The third-order valence-corrected chi connectivity index (χ3v) is 4.73. The third-order valence-electron chi connectivity index (χ3n) is 4.73. The molecule has 122 valence electrons. The highest BCUT2D eigenvalue weighted by Gasteiger charge is 2.52. The van der Waals surface area contributed by atoms with E-state index in [1.807, 2.05) is 39.8 Å². The fourth-order valence-corrected chi connectivity index (χ4v) is 2.70. The van der Waals surface area contributed by atoms with Gasteiger partial charge in [-0.1, -0.05) is 6.07 Å². The molecule has 0 saturated carbocycles. The Morgan fingerprint density at radius 1 is 1.09 bits per heavy atom. The van der Waals surface area contributed by atoms with E-state index in [1.165, 1.54) is 0 Å². The molecule has 2 heterocycles. The first-order valence-electron chi connectivity index (χ1n) is 7.99. The number of ether oxygens (including phenoxy) is 2. The van der Waals surface area contributed by atoms with Gasteiger partial charge in [0.15, 0.2) is 11.5 Å². The highest BCUT2D eigenvalue weighted by Crippen LogP contribution is 2.39. The van der Waals surface area contributed by atoms with E-state index in [9.17, 15) is 0 Å². The Kier molecular flexibility index (Phi) is 4.03. The predicted molar refractivity (Wildman–Crippen MR) is 87.1 cm³/mol. The largest absolute Gasteiger partial charge is 0.498 e. The zero-order chi connectivity index (χ0) is 16.7. The van der Waals surface area contributed by atoms with Crippen LogP contribution < -0.4 is 14.9 Å². The minimum atomic E-state index is -0.533. The zero-order valence-corrected chi connectivity index (χ0v) is 14.1. The summed E-state index contributed by atoms with van der Waals surface area (Å²) >= 11 is 0. The van der Waals surface area contributed by atoms with E-state index >= 15 is 0 Å². The molecule has 0 aromatic heterocycles. The number of nitriles is 1. The molecule has 5 nitrogen and oxygen atoms in total. The molecule has 0 N–H and O–H groups in total. The molecule has 1 fully saturated rings. The fraction of sp³-hybridized carbons (Fsp3) is 0.588. The molecular weight excluding hydrogens is 293 g/mol. The molecule has 0 atom stereocenters. The Labute approximate surface area is 137 Å². The lowest BCUT2D eigenvalue weighted by Gasteiger charge is -2.32. The maximum Gasteiger partial charge on any atom is 0.498 e. The minimum Gasteiger partial charge on any atom is -0.490 e. The molecule has 0 radical (unpaired) electrons. The van der Waals surface area contributed by atoms with Gasteiger partial charge in [-0.25, -0.2) is 0 Å². The number of rotatable bonds is 2. The second kappa shape index (κ2) is 5.74. The van der Waals surface area contributed by atoms with Gasteiger partial charge in [-0.15, -0.1) is 0 Å². The average Bonchev–Trinajstić information content (AvgIpc) is 2.64. The van der Waals surface area contributed by atoms with Crippen molar-refractivity contribution in [1.29, 1.82) is 5.26 Å². The van der Waals surface area contributed by atoms with Crippen molar-refractivity contribution in [3.05, 3.63) is 17.7 Å². The van der Waals surface area contributed by atoms with Crippen LogP contribution in [0.1, 0.15) is 39.7 Å².